The summed E-state index contributed by atoms with van der Waals surface area (Å²) in [6, 6.07) is 0. The number of nitrogens with zero attached hydrogens (tertiary/aromatic N) is 4. The highest BCUT2D eigenvalue weighted by molar-refractivity contribution is 6.67. The molecule has 0 bridgehead atoms. The molecule has 1 saturated heterocycles. The average molecular weight is 699 g/mol. The Labute approximate surface area is 316 Å². The van der Waals surface area contributed by atoms with Crippen LogP contribution in [0.15, 0.2) is 0 Å². The summed E-state index contributed by atoms with van der Waals surface area (Å²) in [6.45, 7) is 18.3. The van der Waals surface area contributed by atoms with Crippen molar-refractivity contribution in [2.75, 3.05) is 58.9 Å². The summed E-state index contributed by atoms with van der Waals surface area (Å²) >= 11 is 0. The molecular weight excluding hydrogens is 607 g/mol. The van der Waals surface area contributed by atoms with Crippen molar-refractivity contribution in [3.05, 3.63) is 0 Å². The van der Waals surface area contributed by atoms with Gasteiger partial charge < -0.3 is 14.7 Å². The van der Waals surface area contributed by atoms with Gasteiger partial charge in [-0.25, -0.2) is 5.26 Å². The molecule has 0 aromatic rings. The van der Waals surface area contributed by atoms with Crippen LogP contribution in [-0.2, 0) is 0 Å². The fraction of sp³-hybridized carbons (Fsp3) is 0.978. The van der Waals surface area contributed by atoms with E-state index in [4.69, 9.17) is 0 Å². The van der Waals surface area contributed by atoms with Gasteiger partial charge in [-0.2, -0.15) is 0 Å². The van der Waals surface area contributed by atoms with Gasteiger partial charge in [0.2, 0.25) is 0 Å². The molecule has 1 heterocycles. The van der Waals surface area contributed by atoms with Gasteiger partial charge in [-0.3, -0.25) is 0 Å². The molecule has 1 aliphatic rings. The fourth-order valence-electron chi connectivity index (χ4n) is 7.99. The number of hydrogen-bond acceptors (Lipinski definition) is 4. The second-order valence-corrected chi connectivity index (χ2v) is 16.5. The monoisotopic (exact) mass is 699 g/mol. The topological polar surface area (TPSA) is 33.5 Å². The van der Waals surface area contributed by atoms with Crippen LogP contribution < -0.4 is 0 Å². The first-order valence-electron chi connectivity index (χ1n) is 23.3. The maximum atomic E-state index is 9.36. The van der Waals surface area contributed by atoms with Crippen LogP contribution in [0.25, 0.3) is 0 Å². The number of hydrogen-bond donors (Lipinski definition) is 0. The molecule has 0 aromatic carbocycles. The zero-order chi connectivity index (χ0) is 36.0. The lowest BCUT2D eigenvalue weighted by molar-refractivity contribution is 0.173. The maximum absolute atomic E-state index is 9.36. The summed E-state index contributed by atoms with van der Waals surface area (Å²) in [5.41, 5.74) is 0. The summed E-state index contributed by atoms with van der Waals surface area (Å²) in [7, 11) is 0. The van der Waals surface area contributed by atoms with Crippen LogP contribution in [0.1, 0.15) is 213 Å². The third-order valence-electron chi connectivity index (χ3n) is 11.7. The van der Waals surface area contributed by atoms with E-state index < -0.39 is 0 Å². The SMILES string of the molecule is CCCCCCCCCCCCN(CCCCCCCCCCCC)CCN(CCCCCCCCCCCC)CCN1CCB(C#N)CC1. The Hall–Kier alpha value is -0.565. The van der Waals surface area contributed by atoms with E-state index in [2.05, 4.69) is 41.4 Å². The molecule has 0 amide bonds. The fourth-order valence-corrected chi connectivity index (χ4v) is 7.99. The van der Waals surface area contributed by atoms with Gasteiger partial charge in [0.15, 0.2) is 0 Å². The minimum absolute atomic E-state index is 0.291. The Morgan fingerprint density at radius 2 is 0.680 bits per heavy atom. The zero-order valence-corrected chi connectivity index (χ0v) is 34.9. The van der Waals surface area contributed by atoms with Crippen molar-refractivity contribution < 1.29 is 0 Å². The number of nitriles is 1. The highest BCUT2D eigenvalue weighted by Crippen LogP contribution is 2.15. The van der Waals surface area contributed by atoms with Gasteiger partial charge in [-0.1, -0.05) is 194 Å². The molecule has 1 rings (SSSR count). The molecule has 0 saturated carbocycles. The molecule has 1 aliphatic heterocycles. The predicted molar refractivity (Wildman–Crippen MR) is 226 cm³/mol. The summed E-state index contributed by atoms with van der Waals surface area (Å²) in [5.74, 6) is 2.52. The van der Waals surface area contributed by atoms with Gasteiger partial charge in [0.1, 0.15) is 0 Å². The quantitative estimate of drug-likeness (QED) is 0.0473. The third-order valence-corrected chi connectivity index (χ3v) is 11.7. The van der Waals surface area contributed by atoms with Gasteiger partial charge in [0.25, 0.3) is 6.71 Å². The van der Waals surface area contributed by atoms with Crippen LogP contribution in [0.3, 0.4) is 0 Å². The molecule has 0 atom stereocenters. The van der Waals surface area contributed by atoms with Crippen LogP contribution in [-0.4, -0.2) is 80.3 Å². The lowest BCUT2D eigenvalue weighted by atomic mass is 9.45. The van der Waals surface area contributed by atoms with E-state index in [1.807, 2.05) is 0 Å². The summed E-state index contributed by atoms with van der Waals surface area (Å²) in [5, 5.41) is 9.36. The van der Waals surface area contributed by atoms with E-state index in [1.54, 1.807) is 0 Å². The Morgan fingerprint density at radius 3 is 0.980 bits per heavy atom. The predicted octanol–water partition coefficient (Wildman–Crippen LogP) is 13.2. The van der Waals surface area contributed by atoms with Gasteiger partial charge >= 0.3 is 0 Å². The first-order valence-corrected chi connectivity index (χ1v) is 23.3. The van der Waals surface area contributed by atoms with Crippen molar-refractivity contribution in [1.82, 2.24) is 14.7 Å². The molecule has 294 valence electrons. The maximum Gasteiger partial charge on any atom is 0.270 e. The lowest BCUT2D eigenvalue weighted by Crippen LogP contribution is -2.43. The van der Waals surface area contributed by atoms with E-state index in [-0.39, 0.29) is 0 Å². The molecule has 1 fully saturated rings. The Balaban J connectivity index is 2.51. The highest BCUT2D eigenvalue weighted by atomic mass is 15.2. The Morgan fingerprint density at radius 1 is 0.400 bits per heavy atom. The van der Waals surface area contributed by atoms with Crippen molar-refractivity contribution in [2.45, 2.75) is 226 Å². The van der Waals surface area contributed by atoms with Crippen molar-refractivity contribution in [1.29, 1.82) is 5.26 Å². The second-order valence-electron chi connectivity index (χ2n) is 16.5. The molecular formula is C45H91BN4. The summed E-state index contributed by atoms with van der Waals surface area (Å²) < 4.78 is 0. The van der Waals surface area contributed by atoms with Crippen molar-refractivity contribution >= 4 is 6.71 Å². The molecule has 5 heteroatoms. The Bertz CT molecular complexity index is 680. The average Bonchev–Trinajstić information content (AvgIpc) is 3.14. The number of unbranched alkanes of at least 4 members (excludes halogenated alkanes) is 27. The summed E-state index contributed by atoms with van der Waals surface area (Å²) in [6.07, 6.45) is 44.9. The molecule has 4 nitrogen and oxygen atoms in total. The van der Waals surface area contributed by atoms with Gasteiger partial charge in [-0.05, 0) is 64.6 Å². The zero-order valence-electron chi connectivity index (χ0n) is 34.9. The molecule has 0 aromatic heterocycles. The highest BCUT2D eigenvalue weighted by Gasteiger charge is 2.22. The molecule has 50 heavy (non-hydrogen) atoms. The van der Waals surface area contributed by atoms with Crippen LogP contribution in [0.4, 0.5) is 0 Å². The number of rotatable bonds is 39. The minimum atomic E-state index is 0.291. The van der Waals surface area contributed by atoms with E-state index in [9.17, 15) is 5.26 Å². The molecule has 0 spiro atoms. The van der Waals surface area contributed by atoms with E-state index in [0.717, 1.165) is 25.7 Å². The van der Waals surface area contributed by atoms with Gasteiger partial charge in [-0.15, -0.1) is 0 Å². The smallest absolute Gasteiger partial charge is 0.270 e. The molecule has 0 aliphatic carbocycles. The standard InChI is InChI=1S/C45H91BN4/c1-4-7-10-13-16-19-22-25-28-31-36-48(37-32-29-26-23-20-17-14-11-8-5-2)41-42-49(43-44-50-39-34-46(45-47)35-40-50)38-33-30-27-24-21-18-15-12-9-6-3/h4-44H2,1-3H3. The largest absolute Gasteiger partial charge is 0.303 e. The lowest BCUT2D eigenvalue weighted by Gasteiger charge is -2.32. The third kappa shape index (κ3) is 31.0. The van der Waals surface area contributed by atoms with Crippen molar-refractivity contribution in [3.63, 3.8) is 0 Å². The van der Waals surface area contributed by atoms with Crippen LogP contribution in [0.2, 0.25) is 12.6 Å². The van der Waals surface area contributed by atoms with Gasteiger partial charge in [0, 0.05) is 32.1 Å². The normalized spacial score (nSPS) is 14.0. The van der Waals surface area contributed by atoms with Gasteiger partial charge in [0.05, 0.1) is 0 Å². The molecule has 0 radical (unpaired) electrons. The Kier molecular flexibility index (Phi) is 36.2. The van der Waals surface area contributed by atoms with E-state index >= 15 is 0 Å². The van der Waals surface area contributed by atoms with Crippen LogP contribution in [0.5, 0.6) is 0 Å². The first-order chi connectivity index (χ1) is 24.7. The van der Waals surface area contributed by atoms with Crippen molar-refractivity contribution in [3.8, 4) is 5.97 Å². The summed E-state index contributed by atoms with van der Waals surface area (Å²) in [4.78, 5) is 8.33. The van der Waals surface area contributed by atoms with E-state index in [0.29, 0.717) is 6.71 Å². The molecule has 0 N–H and O–H groups in total. The van der Waals surface area contributed by atoms with E-state index in [1.165, 1.54) is 238 Å². The minimum Gasteiger partial charge on any atom is -0.303 e. The van der Waals surface area contributed by atoms with Crippen LogP contribution >= 0.6 is 0 Å². The molecule has 0 unspecified atom stereocenters. The van der Waals surface area contributed by atoms with Crippen LogP contribution in [0, 0.1) is 11.2 Å². The first kappa shape index (κ1) is 47.5. The second kappa shape index (κ2) is 38.2. The van der Waals surface area contributed by atoms with Crippen molar-refractivity contribution in [2.24, 2.45) is 0 Å².